The van der Waals surface area contributed by atoms with Gasteiger partial charge < -0.3 is 10.6 Å². The molecule has 0 aliphatic heterocycles. The summed E-state index contributed by atoms with van der Waals surface area (Å²) in [6.07, 6.45) is 5.30. The number of nitrogens with zero attached hydrogens (tertiary/aromatic N) is 2. The lowest BCUT2D eigenvalue weighted by atomic mass is 10.1. The van der Waals surface area contributed by atoms with Gasteiger partial charge >= 0.3 is 6.03 Å². The highest BCUT2D eigenvalue weighted by Gasteiger charge is 2.11. The Kier molecular flexibility index (Phi) is 4.77. The van der Waals surface area contributed by atoms with Crippen LogP contribution < -0.4 is 16.2 Å². The number of nitrogens with one attached hydrogen (secondary N) is 2. The normalized spacial score (nSPS) is 10.2. The fourth-order valence-electron chi connectivity index (χ4n) is 2.49. The van der Waals surface area contributed by atoms with Crippen molar-refractivity contribution in [3.8, 4) is 12.3 Å². The van der Waals surface area contributed by atoms with Gasteiger partial charge in [-0.1, -0.05) is 42.3 Å². The average molecular weight is 332 g/mol. The monoisotopic (exact) mass is 332 g/mol. The molecule has 2 N–H and O–H groups in total. The molecule has 0 unspecified atom stereocenters. The number of aromatic nitrogens is 2. The topological polar surface area (TPSA) is 76.0 Å². The standard InChI is InChI=1S/C19H16N4O2/c1-2-12-23-18(24)16-11-7-6-10-15(16)17(22-23)13-20-19(25)21-14-8-4-3-5-9-14/h1,3-11H,12-13H2,(H2,20,21,25). The summed E-state index contributed by atoms with van der Waals surface area (Å²) >= 11 is 0. The van der Waals surface area contributed by atoms with Crippen molar-refractivity contribution in [2.45, 2.75) is 13.1 Å². The van der Waals surface area contributed by atoms with E-state index in [1.54, 1.807) is 30.3 Å². The molecule has 6 nitrogen and oxygen atoms in total. The zero-order valence-corrected chi connectivity index (χ0v) is 13.4. The molecule has 1 heterocycles. The minimum atomic E-state index is -0.355. The molecule has 0 saturated carbocycles. The summed E-state index contributed by atoms with van der Waals surface area (Å²) in [5.41, 5.74) is 1.02. The Morgan fingerprint density at radius 2 is 1.76 bits per heavy atom. The minimum Gasteiger partial charge on any atom is -0.332 e. The largest absolute Gasteiger partial charge is 0.332 e. The van der Waals surface area contributed by atoms with E-state index >= 15 is 0 Å². The number of fused-ring (bicyclic) bond motifs is 1. The number of hydrogen-bond donors (Lipinski definition) is 2. The van der Waals surface area contributed by atoms with Gasteiger partial charge in [0.05, 0.1) is 17.6 Å². The van der Waals surface area contributed by atoms with Crippen molar-refractivity contribution < 1.29 is 4.79 Å². The number of urea groups is 1. The second-order valence-electron chi connectivity index (χ2n) is 5.33. The summed E-state index contributed by atoms with van der Waals surface area (Å²) in [6.45, 7) is 0.247. The number of benzene rings is 2. The quantitative estimate of drug-likeness (QED) is 0.720. The van der Waals surface area contributed by atoms with E-state index in [4.69, 9.17) is 6.42 Å². The van der Waals surface area contributed by atoms with E-state index in [1.807, 2.05) is 24.3 Å². The summed E-state index contributed by atoms with van der Waals surface area (Å²) in [4.78, 5) is 24.4. The maximum absolute atomic E-state index is 12.4. The third-order valence-electron chi connectivity index (χ3n) is 3.63. The van der Waals surface area contributed by atoms with Crippen molar-refractivity contribution in [3.05, 3.63) is 70.6 Å². The zero-order chi connectivity index (χ0) is 17.6. The van der Waals surface area contributed by atoms with Crippen LogP contribution in [0.2, 0.25) is 0 Å². The van der Waals surface area contributed by atoms with Crippen molar-refractivity contribution in [2.75, 3.05) is 5.32 Å². The van der Waals surface area contributed by atoms with Gasteiger partial charge in [0, 0.05) is 11.1 Å². The lowest BCUT2D eigenvalue weighted by molar-refractivity contribution is 0.251. The molecule has 3 rings (SSSR count). The zero-order valence-electron chi connectivity index (χ0n) is 13.4. The first-order valence-electron chi connectivity index (χ1n) is 7.71. The van der Waals surface area contributed by atoms with Crippen LogP contribution in [-0.2, 0) is 13.1 Å². The van der Waals surface area contributed by atoms with E-state index in [-0.39, 0.29) is 24.7 Å². The molecule has 3 aromatic rings. The van der Waals surface area contributed by atoms with Crippen LogP contribution >= 0.6 is 0 Å². The number of terminal acetylenes is 1. The highest BCUT2D eigenvalue weighted by atomic mass is 16.2. The Bertz CT molecular complexity index is 1000. The lowest BCUT2D eigenvalue weighted by Crippen LogP contribution is -2.31. The Morgan fingerprint density at radius 3 is 2.48 bits per heavy atom. The Hall–Kier alpha value is -3.59. The molecule has 0 spiro atoms. The van der Waals surface area contributed by atoms with Gasteiger partial charge in [0.15, 0.2) is 0 Å². The van der Waals surface area contributed by atoms with Crippen LogP contribution in [-0.4, -0.2) is 15.8 Å². The maximum Gasteiger partial charge on any atom is 0.319 e. The third kappa shape index (κ3) is 3.67. The molecule has 2 amide bonds. The summed E-state index contributed by atoms with van der Waals surface area (Å²) in [5.74, 6) is 2.42. The number of anilines is 1. The summed E-state index contributed by atoms with van der Waals surface area (Å²) in [6, 6.07) is 15.9. The van der Waals surface area contributed by atoms with E-state index in [2.05, 4.69) is 21.7 Å². The first kappa shape index (κ1) is 16.3. The van der Waals surface area contributed by atoms with Crippen LogP contribution in [0.25, 0.3) is 10.8 Å². The molecule has 0 bridgehead atoms. The Labute approximate surface area is 144 Å². The number of para-hydroxylation sites is 1. The van der Waals surface area contributed by atoms with Crippen molar-refractivity contribution in [1.82, 2.24) is 15.1 Å². The second-order valence-corrected chi connectivity index (χ2v) is 5.33. The van der Waals surface area contributed by atoms with Gasteiger partial charge in [0.1, 0.15) is 6.54 Å². The average Bonchev–Trinajstić information content (AvgIpc) is 2.64. The molecule has 0 atom stereocenters. The van der Waals surface area contributed by atoms with Gasteiger partial charge in [0.25, 0.3) is 5.56 Å². The first-order chi connectivity index (χ1) is 12.2. The molecular weight excluding hydrogens is 316 g/mol. The Balaban J connectivity index is 1.83. The van der Waals surface area contributed by atoms with Crippen molar-refractivity contribution in [2.24, 2.45) is 0 Å². The molecule has 6 heteroatoms. The van der Waals surface area contributed by atoms with Gasteiger partial charge in [-0.3, -0.25) is 4.79 Å². The fraction of sp³-hybridized carbons (Fsp3) is 0.105. The maximum atomic E-state index is 12.4. The van der Waals surface area contributed by atoms with E-state index in [1.165, 1.54) is 4.68 Å². The van der Waals surface area contributed by atoms with E-state index < -0.39 is 0 Å². The van der Waals surface area contributed by atoms with Gasteiger partial charge in [-0.05, 0) is 18.2 Å². The SMILES string of the molecule is C#CCn1nc(CNC(=O)Nc2ccccc2)c2ccccc2c1=O. The Morgan fingerprint density at radius 1 is 1.08 bits per heavy atom. The molecule has 0 fully saturated rings. The minimum absolute atomic E-state index is 0.0763. The third-order valence-corrected chi connectivity index (χ3v) is 3.63. The van der Waals surface area contributed by atoms with E-state index in [9.17, 15) is 9.59 Å². The number of rotatable bonds is 4. The van der Waals surface area contributed by atoms with Crippen molar-refractivity contribution in [1.29, 1.82) is 0 Å². The van der Waals surface area contributed by atoms with Gasteiger partial charge in [0.2, 0.25) is 0 Å². The molecule has 0 radical (unpaired) electrons. The lowest BCUT2D eigenvalue weighted by Gasteiger charge is -2.11. The summed E-state index contributed by atoms with van der Waals surface area (Å²) < 4.78 is 1.23. The van der Waals surface area contributed by atoms with E-state index in [0.29, 0.717) is 22.2 Å². The fourth-order valence-corrected chi connectivity index (χ4v) is 2.49. The molecule has 0 saturated heterocycles. The summed E-state index contributed by atoms with van der Waals surface area (Å²) in [7, 11) is 0. The van der Waals surface area contributed by atoms with Crippen LogP contribution in [0.5, 0.6) is 0 Å². The van der Waals surface area contributed by atoms with Gasteiger partial charge in [-0.15, -0.1) is 6.42 Å². The van der Waals surface area contributed by atoms with Crippen LogP contribution in [0, 0.1) is 12.3 Å². The molecular formula is C19H16N4O2. The van der Waals surface area contributed by atoms with Crippen LogP contribution in [0.4, 0.5) is 10.5 Å². The number of amides is 2. The first-order valence-corrected chi connectivity index (χ1v) is 7.71. The van der Waals surface area contributed by atoms with Crippen LogP contribution in [0.1, 0.15) is 5.69 Å². The van der Waals surface area contributed by atoms with Gasteiger partial charge in [-0.2, -0.15) is 5.10 Å². The molecule has 0 aliphatic carbocycles. The molecule has 0 aliphatic rings. The number of hydrogen-bond acceptors (Lipinski definition) is 3. The number of carbonyl (C=O) groups is 1. The van der Waals surface area contributed by atoms with Crippen molar-refractivity contribution in [3.63, 3.8) is 0 Å². The molecule has 25 heavy (non-hydrogen) atoms. The molecule has 1 aromatic heterocycles. The van der Waals surface area contributed by atoms with Crippen LogP contribution in [0.3, 0.4) is 0 Å². The molecule has 2 aromatic carbocycles. The number of carbonyl (C=O) groups excluding carboxylic acids is 1. The van der Waals surface area contributed by atoms with Crippen molar-refractivity contribution >= 4 is 22.5 Å². The highest BCUT2D eigenvalue weighted by Crippen LogP contribution is 2.13. The second kappa shape index (κ2) is 7.32. The highest BCUT2D eigenvalue weighted by molar-refractivity contribution is 5.89. The van der Waals surface area contributed by atoms with E-state index in [0.717, 1.165) is 0 Å². The predicted molar refractivity (Wildman–Crippen MR) is 97.1 cm³/mol. The predicted octanol–water partition coefficient (Wildman–Crippen LogP) is 2.35. The molecule has 124 valence electrons. The van der Waals surface area contributed by atoms with Crippen LogP contribution in [0.15, 0.2) is 59.4 Å². The summed E-state index contributed by atoms with van der Waals surface area (Å²) in [5, 5.41) is 11.0. The van der Waals surface area contributed by atoms with Gasteiger partial charge in [-0.25, -0.2) is 9.48 Å². The smallest absolute Gasteiger partial charge is 0.319 e.